The SMILES string of the molecule is Sc1c(-c2ccccc2)ccc(-c2cccc3cc4ccccc4cc23)c1-c1ccccc1. The molecule has 0 spiro atoms. The Morgan fingerprint density at radius 2 is 0.970 bits per heavy atom. The van der Waals surface area contributed by atoms with Gasteiger partial charge >= 0.3 is 0 Å². The van der Waals surface area contributed by atoms with Crippen molar-refractivity contribution >= 4 is 34.2 Å². The quantitative estimate of drug-likeness (QED) is 0.206. The largest absolute Gasteiger partial charge is 0.142 e. The molecule has 0 bridgehead atoms. The molecule has 0 saturated heterocycles. The number of thiol groups is 1. The molecule has 0 amide bonds. The molecule has 0 radical (unpaired) electrons. The van der Waals surface area contributed by atoms with E-state index in [2.05, 4.69) is 127 Å². The normalized spacial score (nSPS) is 11.2. The molecule has 156 valence electrons. The van der Waals surface area contributed by atoms with E-state index in [0.29, 0.717) is 0 Å². The zero-order chi connectivity index (χ0) is 22.2. The van der Waals surface area contributed by atoms with Gasteiger partial charge in [0, 0.05) is 10.5 Å². The second-order valence-electron chi connectivity index (χ2n) is 8.34. The van der Waals surface area contributed by atoms with E-state index in [1.54, 1.807) is 0 Å². The van der Waals surface area contributed by atoms with E-state index in [0.717, 1.165) is 10.5 Å². The molecule has 0 aliphatic carbocycles. The number of benzene rings is 6. The van der Waals surface area contributed by atoms with Gasteiger partial charge in [0.2, 0.25) is 0 Å². The van der Waals surface area contributed by atoms with Gasteiger partial charge in [-0.2, -0.15) is 0 Å². The van der Waals surface area contributed by atoms with Crippen LogP contribution in [-0.2, 0) is 0 Å². The summed E-state index contributed by atoms with van der Waals surface area (Å²) in [5.41, 5.74) is 7.09. The lowest BCUT2D eigenvalue weighted by atomic mass is 9.88. The Labute approximate surface area is 199 Å². The monoisotopic (exact) mass is 438 g/mol. The van der Waals surface area contributed by atoms with Crippen LogP contribution in [0, 0.1) is 0 Å². The fourth-order valence-corrected chi connectivity index (χ4v) is 5.22. The minimum absolute atomic E-state index is 1.00. The van der Waals surface area contributed by atoms with Crippen LogP contribution in [0.25, 0.3) is 54.9 Å². The maximum absolute atomic E-state index is 5.11. The Hall–Kier alpha value is -3.81. The van der Waals surface area contributed by atoms with Crippen molar-refractivity contribution in [3.8, 4) is 33.4 Å². The van der Waals surface area contributed by atoms with Crippen LogP contribution in [0.15, 0.2) is 132 Å². The predicted molar refractivity (Wildman–Crippen MR) is 145 cm³/mol. The highest BCUT2D eigenvalue weighted by atomic mass is 32.1. The van der Waals surface area contributed by atoms with Crippen LogP contribution < -0.4 is 0 Å². The van der Waals surface area contributed by atoms with E-state index < -0.39 is 0 Å². The molecular weight excluding hydrogens is 416 g/mol. The fraction of sp³-hybridized carbons (Fsp3) is 0. The highest BCUT2D eigenvalue weighted by Crippen LogP contribution is 2.44. The minimum atomic E-state index is 1.00. The third-order valence-electron chi connectivity index (χ3n) is 6.36. The lowest BCUT2D eigenvalue weighted by molar-refractivity contribution is 1.44. The van der Waals surface area contributed by atoms with Crippen LogP contribution in [0.3, 0.4) is 0 Å². The Balaban J connectivity index is 1.67. The van der Waals surface area contributed by atoms with Gasteiger partial charge in [0.25, 0.3) is 0 Å². The zero-order valence-corrected chi connectivity index (χ0v) is 19.0. The second-order valence-corrected chi connectivity index (χ2v) is 8.79. The summed E-state index contributed by atoms with van der Waals surface area (Å²) < 4.78 is 0. The summed E-state index contributed by atoms with van der Waals surface area (Å²) in [6, 6.07) is 45.3. The lowest BCUT2D eigenvalue weighted by Gasteiger charge is -2.18. The number of fused-ring (bicyclic) bond motifs is 2. The molecule has 6 aromatic rings. The minimum Gasteiger partial charge on any atom is -0.142 e. The number of hydrogen-bond donors (Lipinski definition) is 1. The molecule has 0 fully saturated rings. The van der Waals surface area contributed by atoms with Gasteiger partial charge in [-0.25, -0.2) is 0 Å². The Morgan fingerprint density at radius 1 is 0.394 bits per heavy atom. The van der Waals surface area contributed by atoms with Crippen molar-refractivity contribution < 1.29 is 0 Å². The molecule has 0 nitrogen and oxygen atoms in total. The van der Waals surface area contributed by atoms with Crippen LogP contribution in [-0.4, -0.2) is 0 Å². The van der Waals surface area contributed by atoms with Gasteiger partial charge in [0.1, 0.15) is 0 Å². The van der Waals surface area contributed by atoms with Gasteiger partial charge in [-0.1, -0.05) is 115 Å². The summed E-state index contributed by atoms with van der Waals surface area (Å²) in [6.45, 7) is 0. The van der Waals surface area contributed by atoms with Crippen molar-refractivity contribution in [1.29, 1.82) is 0 Å². The Morgan fingerprint density at radius 3 is 1.70 bits per heavy atom. The summed E-state index contributed by atoms with van der Waals surface area (Å²) in [4.78, 5) is 1.00. The van der Waals surface area contributed by atoms with Crippen molar-refractivity contribution in [3.05, 3.63) is 127 Å². The molecule has 6 aromatic carbocycles. The molecule has 0 saturated carbocycles. The smallest absolute Gasteiger partial charge is 0.0204 e. The molecule has 0 N–H and O–H groups in total. The zero-order valence-electron chi connectivity index (χ0n) is 18.1. The third-order valence-corrected chi connectivity index (χ3v) is 6.83. The standard InChI is InChI=1S/C32H22S/c33-32-27(22-10-3-1-4-11-22)18-19-29(31(32)23-12-5-2-6-13-23)28-17-9-16-26-20-24-14-7-8-15-25(24)21-30(26)28/h1-21,33H. The van der Waals surface area contributed by atoms with Gasteiger partial charge in [-0.05, 0) is 61.5 Å². The highest BCUT2D eigenvalue weighted by molar-refractivity contribution is 7.80. The molecule has 1 heteroatoms. The summed E-state index contributed by atoms with van der Waals surface area (Å²) in [5.74, 6) is 0. The molecule has 0 heterocycles. The van der Waals surface area contributed by atoms with Crippen LogP contribution in [0.1, 0.15) is 0 Å². The first-order valence-electron chi connectivity index (χ1n) is 11.2. The van der Waals surface area contributed by atoms with Crippen LogP contribution in [0.4, 0.5) is 0 Å². The Kier molecular flexibility index (Phi) is 4.97. The molecule has 0 aliphatic heterocycles. The van der Waals surface area contributed by atoms with Crippen molar-refractivity contribution in [2.45, 2.75) is 4.90 Å². The molecule has 33 heavy (non-hydrogen) atoms. The predicted octanol–water partition coefficient (Wildman–Crippen LogP) is 9.28. The van der Waals surface area contributed by atoms with Gasteiger partial charge < -0.3 is 0 Å². The van der Waals surface area contributed by atoms with Crippen LogP contribution >= 0.6 is 12.6 Å². The van der Waals surface area contributed by atoms with Crippen LogP contribution in [0.5, 0.6) is 0 Å². The van der Waals surface area contributed by atoms with Gasteiger partial charge in [0.05, 0.1) is 0 Å². The van der Waals surface area contributed by atoms with Crippen LogP contribution in [0.2, 0.25) is 0 Å². The lowest BCUT2D eigenvalue weighted by Crippen LogP contribution is -1.92. The van der Waals surface area contributed by atoms with E-state index >= 15 is 0 Å². The van der Waals surface area contributed by atoms with E-state index in [-0.39, 0.29) is 0 Å². The van der Waals surface area contributed by atoms with E-state index in [1.165, 1.54) is 49.4 Å². The average Bonchev–Trinajstić information content (AvgIpc) is 2.88. The summed E-state index contributed by atoms with van der Waals surface area (Å²) in [7, 11) is 0. The van der Waals surface area contributed by atoms with E-state index in [1.807, 2.05) is 0 Å². The van der Waals surface area contributed by atoms with Crippen molar-refractivity contribution in [2.75, 3.05) is 0 Å². The molecule has 0 unspecified atom stereocenters. The summed E-state index contributed by atoms with van der Waals surface area (Å²) >= 11 is 5.11. The molecule has 0 aliphatic rings. The average molecular weight is 439 g/mol. The Bertz CT molecular complexity index is 1600. The molecular formula is C32H22S. The number of hydrogen-bond acceptors (Lipinski definition) is 1. The maximum atomic E-state index is 5.11. The first kappa shape index (κ1) is 19.8. The van der Waals surface area contributed by atoms with Gasteiger partial charge in [0.15, 0.2) is 0 Å². The topological polar surface area (TPSA) is 0 Å². The summed E-state index contributed by atoms with van der Waals surface area (Å²) in [6.07, 6.45) is 0. The van der Waals surface area contributed by atoms with E-state index in [9.17, 15) is 0 Å². The van der Waals surface area contributed by atoms with E-state index in [4.69, 9.17) is 12.6 Å². The second kappa shape index (κ2) is 8.27. The van der Waals surface area contributed by atoms with Crippen molar-refractivity contribution in [3.63, 3.8) is 0 Å². The number of rotatable bonds is 3. The highest BCUT2D eigenvalue weighted by Gasteiger charge is 2.17. The molecule has 6 rings (SSSR count). The molecule has 0 atom stereocenters. The van der Waals surface area contributed by atoms with Crippen molar-refractivity contribution in [2.24, 2.45) is 0 Å². The molecule has 0 aromatic heterocycles. The summed E-state index contributed by atoms with van der Waals surface area (Å²) in [5, 5.41) is 5.03. The first-order chi connectivity index (χ1) is 16.3. The van der Waals surface area contributed by atoms with Gasteiger partial charge in [-0.15, -0.1) is 12.6 Å². The first-order valence-corrected chi connectivity index (χ1v) is 11.6. The fourth-order valence-electron chi connectivity index (χ4n) is 4.77. The van der Waals surface area contributed by atoms with Gasteiger partial charge in [-0.3, -0.25) is 0 Å². The maximum Gasteiger partial charge on any atom is 0.0204 e. The third kappa shape index (κ3) is 3.51. The van der Waals surface area contributed by atoms with Crippen molar-refractivity contribution in [1.82, 2.24) is 0 Å².